The molecule has 0 saturated heterocycles. The van der Waals surface area contributed by atoms with Crippen molar-refractivity contribution < 1.29 is 4.79 Å². The molecule has 122 valence electrons. The molecule has 0 aliphatic rings. The Bertz CT molecular complexity index is 640. The Morgan fingerprint density at radius 1 is 1.13 bits per heavy atom. The molecule has 0 spiro atoms. The molecule has 5 heteroatoms. The number of nitrogens with zero attached hydrogens (tertiary/aromatic N) is 3. The molecule has 0 fully saturated rings. The van der Waals surface area contributed by atoms with Gasteiger partial charge in [-0.1, -0.05) is 30.3 Å². The van der Waals surface area contributed by atoms with Gasteiger partial charge in [0, 0.05) is 24.8 Å². The number of amides is 1. The summed E-state index contributed by atoms with van der Waals surface area (Å²) >= 11 is 0. The normalized spacial score (nSPS) is 10.9. The summed E-state index contributed by atoms with van der Waals surface area (Å²) in [5.41, 5.74) is 1.51. The van der Waals surface area contributed by atoms with Gasteiger partial charge in [-0.2, -0.15) is 0 Å². The smallest absolute Gasteiger partial charge is 0.273 e. The fourth-order valence-corrected chi connectivity index (χ4v) is 2.22. The Kier molecular flexibility index (Phi) is 5.68. The molecule has 0 saturated carbocycles. The van der Waals surface area contributed by atoms with Gasteiger partial charge in [0.25, 0.3) is 5.91 Å². The van der Waals surface area contributed by atoms with Crippen LogP contribution in [0.4, 0.5) is 5.95 Å². The summed E-state index contributed by atoms with van der Waals surface area (Å²) in [5.74, 6) is 0.396. The number of rotatable bonds is 6. The third kappa shape index (κ3) is 4.77. The second-order valence-corrected chi connectivity index (χ2v) is 6.08. The fraction of sp³-hybridized carbons (Fsp3) is 0.389. The lowest BCUT2D eigenvalue weighted by Crippen LogP contribution is -2.37. The van der Waals surface area contributed by atoms with Gasteiger partial charge in [-0.3, -0.25) is 4.79 Å². The number of carbonyl (C=O) groups excluding carboxylic acids is 1. The Morgan fingerprint density at radius 2 is 1.83 bits per heavy atom. The number of carbonyl (C=O) groups is 1. The van der Waals surface area contributed by atoms with Gasteiger partial charge >= 0.3 is 0 Å². The highest BCUT2D eigenvalue weighted by molar-refractivity contribution is 5.92. The molecule has 1 aromatic carbocycles. The quantitative estimate of drug-likeness (QED) is 0.888. The van der Waals surface area contributed by atoms with E-state index in [4.69, 9.17) is 0 Å². The van der Waals surface area contributed by atoms with Crippen LogP contribution in [-0.4, -0.2) is 32.9 Å². The Labute approximate surface area is 137 Å². The first kappa shape index (κ1) is 16.9. The lowest BCUT2D eigenvalue weighted by molar-refractivity contribution is 0.0684. The first-order valence-corrected chi connectivity index (χ1v) is 7.92. The zero-order valence-corrected chi connectivity index (χ0v) is 14.2. The highest BCUT2D eigenvalue weighted by atomic mass is 16.2. The predicted octanol–water partition coefficient (Wildman–Crippen LogP) is 3.35. The molecular formula is C18H24N4O. The molecule has 1 aromatic heterocycles. The molecule has 1 N–H and O–H groups in total. The minimum absolute atomic E-state index is 0.0826. The average Bonchev–Trinajstić information content (AvgIpc) is 2.52. The van der Waals surface area contributed by atoms with Crippen LogP contribution < -0.4 is 5.32 Å². The topological polar surface area (TPSA) is 58.1 Å². The number of hydrogen-bond donors (Lipinski definition) is 1. The third-order valence-corrected chi connectivity index (χ3v) is 3.37. The molecule has 5 nitrogen and oxygen atoms in total. The molecule has 1 heterocycles. The van der Waals surface area contributed by atoms with Crippen LogP contribution in [-0.2, 0) is 6.54 Å². The molecule has 0 unspecified atom stereocenters. The zero-order valence-electron chi connectivity index (χ0n) is 14.2. The summed E-state index contributed by atoms with van der Waals surface area (Å²) in [7, 11) is 0. The van der Waals surface area contributed by atoms with Gasteiger partial charge in [0.05, 0.1) is 0 Å². The standard InChI is InChI=1S/C18H24N4O/c1-13(2)20-18-19-11-10-16(21-18)17(23)22(14(3)4)12-15-8-6-5-7-9-15/h5-11,13-14H,12H2,1-4H3,(H,19,20,21). The van der Waals surface area contributed by atoms with Crippen molar-refractivity contribution >= 4 is 11.9 Å². The number of hydrogen-bond acceptors (Lipinski definition) is 4. The van der Waals surface area contributed by atoms with Crippen molar-refractivity contribution in [2.45, 2.75) is 46.3 Å². The van der Waals surface area contributed by atoms with E-state index in [1.807, 2.05) is 62.9 Å². The van der Waals surface area contributed by atoms with E-state index in [2.05, 4.69) is 15.3 Å². The maximum Gasteiger partial charge on any atom is 0.273 e. The Balaban J connectivity index is 2.21. The molecule has 0 aliphatic carbocycles. The van der Waals surface area contributed by atoms with Crippen LogP contribution in [0.2, 0.25) is 0 Å². The summed E-state index contributed by atoms with van der Waals surface area (Å²) in [6, 6.07) is 11.9. The van der Waals surface area contributed by atoms with E-state index in [0.29, 0.717) is 18.2 Å². The second-order valence-electron chi connectivity index (χ2n) is 6.08. The van der Waals surface area contributed by atoms with Crippen molar-refractivity contribution in [3.05, 3.63) is 53.9 Å². The van der Waals surface area contributed by atoms with Crippen LogP contribution in [0.15, 0.2) is 42.6 Å². The molecule has 0 bridgehead atoms. The van der Waals surface area contributed by atoms with E-state index in [-0.39, 0.29) is 18.0 Å². The lowest BCUT2D eigenvalue weighted by atomic mass is 10.1. The first-order valence-electron chi connectivity index (χ1n) is 7.92. The summed E-state index contributed by atoms with van der Waals surface area (Å²) in [4.78, 5) is 23.2. The van der Waals surface area contributed by atoms with Gasteiger partial charge in [-0.25, -0.2) is 9.97 Å². The van der Waals surface area contributed by atoms with Crippen LogP contribution in [0.1, 0.15) is 43.7 Å². The molecule has 2 rings (SSSR count). The molecule has 0 atom stereocenters. The van der Waals surface area contributed by atoms with Gasteiger partial charge in [-0.15, -0.1) is 0 Å². The van der Waals surface area contributed by atoms with E-state index in [1.165, 1.54) is 0 Å². The molecule has 23 heavy (non-hydrogen) atoms. The van der Waals surface area contributed by atoms with E-state index >= 15 is 0 Å². The highest BCUT2D eigenvalue weighted by Gasteiger charge is 2.20. The average molecular weight is 312 g/mol. The first-order chi connectivity index (χ1) is 11.0. The highest BCUT2D eigenvalue weighted by Crippen LogP contribution is 2.13. The largest absolute Gasteiger partial charge is 0.352 e. The van der Waals surface area contributed by atoms with Crippen molar-refractivity contribution in [3.8, 4) is 0 Å². The zero-order chi connectivity index (χ0) is 16.8. The van der Waals surface area contributed by atoms with Crippen LogP contribution in [0.3, 0.4) is 0 Å². The van der Waals surface area contributed by atoms with Gasteiger partial charge in [0.15, 0.2) is 0 Å². The van der Waals surface area contributed by atoms with Gasteiger partial charge in [0.1, 0.15) is 5.69 Å². The number of anilines is 1. The lowest BCUT2D eigenvalue weighted by Gasteiger charge is -2.26. The summed E-state index contributed by atoms with van der Waals surface area (Å²) in [5, 5.41) is 3.12. The number of nitrogens with one attached hydrogen (secondary N) is 1. The maximum atomic E-state index is 12.8. The monoisotopic (exact) mass is 312 g/mol. The second kappa shape index (κ2) is 7.72. The summed E-state index contributed by atoms with van der Waals surface area (Å²) < 4.78 is 0. The van der Waals surface area contributed by atoms with Crippen molar-refractivity contribution in [1.29, 1.82) is 0 Å². The Morgan fingerprint density at radius 3 is 2.43 bits per heavy atom. The van der Waals surface area contributed by atoms with Crippen molar-refractivity contribution in [3.63, 3.8) is 0 Å². The van der Waals surface area contributed by atoms with Gasteiger partial charge < -0.3 is 10.2 Å². The molecule has 1 amide bonds. The van der Waals surface area contributed by atoms with Gasteiger partial charge in [0.2, 0.25) is 5.95 Å². The maximum absolute atomic E-state index is 12.8. The molecule has 2 aromatic rings. The van der Waals surface area contributed by atoms with Crippen molar-refractivity contribution in [1.82, 2.24) is 14.9 Å². The minimum atomic E-state index is -0.0851. The SMILES string of the molecule is CC(C)Nc1nccc(C(=O)N(Cc2ccccc2)C(C)C)n1. The van der Waals surface area contributed by atoms with Crippen molar-refractivity contribution in [2.24, 2.45) is 0 Å². The van der Waals surface area contributed by atoms with Crippen molar-refractivity contribution in [2.75, 3.05) is 5.32 Å². The van der Waals surface area contributed by atoms with Gasteiger partial charge in [-0.05, 0) is 39.3 Å². The molecule has 0 radical (unpaired) electrons. The summed E-state index contributed by atoms with van der Waals surface area (Å²) in [6.07, 6.45) is 1.62. The third-order valence-electron chi connectivity index (χ3n) is 3.37. The van der Waals surface area contributed by atoms with Crippen LogP contribution in [0, 0.1) is 0 Å². The van der Waals surface area contributed by atoms with Crippen LogP contribution in [0.25, 0.3) is 0 Å². The molecular weight excluding hydrogens is 288 g/mol. The summed E-state index contributed by atoms with van der Waals surface area (Å²) in [6.45, 7) is 8.60. The molecule has 0 aliphatic heterocycles. The number of benzene rings is 1. The van der Waals surface area contributed by atoms with Crippen LogP contribution in [0.5, 0.6) is 0 Å². The van der Waals surface area contributed by atoms with E-state index in [0.717, 1.165) is 5.56 Å². The van der Waals surface area contributed by atoms with Crippen LogP contribution >= 0.6 is 0 Å². The Hall–Kier alpha value is -2.43. The van der Waals surface area contributed by atoms with E-state index < -0.39 is 0 Å². The van der Waals surface area contributed by atoms with E-state index in [1.54, 1.807) is 12.3 Å². The predicted molar refractivity (Wildman–Crippen MR) is 92.2 cm³/mol. The minimum Gasteiger partial charge on any atom is -0.352 e. The number of aromatic nitrogens is 2. The van der Waals surface area contributed by atoms with E-state index in [9.17, 15) is 4.79 Å². The fourth-order valence-electron chi connectivity index (χ4n) is 2.22.